The lowest BCUT2D eigenvalue weighted by molar-refractivity contribution is 0.0600. The maximum absolute atomic E-state index is 12.5. The van der Waals surface area contributed by atoms with Gasteiger partial charge in [0.1, 0.15) is 5.69 Å². The summed E-state index contributed by atoms with van der Waals surface area (Å²) >= 11 is 0. The maximum Gasteiger partial charge on any atom is 0.337 e. The summed E-state index contributed by atoms with van der Waals surface area (Å²) in [4.78, 5) is 40.5. The molecule has 0 unspecified atom stereocenters. The first kappa shape index (κ1) is 19.8. The summed E-state index contributed by atoms with van der Waals surface area (Å²) in [6.07, 6.45) is 1.40. The molecule has 0 aliphatic carbocycles. The summed E-state index contributed by atoms with van der Waals surface area (Å²) in [5.74, 6) is -1.27. The molecule has 0 aliphatic heterocycles. The lowest BCUT2D eigenvalue weighted by atomic mass is 10.1. The predicted octanol–water partition coefficient (Wildman–Crippen LogP) is 3.68. The van der Waals surface area contributed by atoms with Crippen molar-refractivity contribution in [3.05, 3.63) is 89.2 Å². The second-order valence-electron chi connectivity index (χ2n) is 6.28. The van der Waals surface area contributed by atoms with Gasteiger partial charge in [0.2, 0.25) is 0 Å². The van der Waals surface area contributed by atoms with E-state index in [9.17, 15) is 14.4 Å². The van der Waals surface area contributed by atoms with Crippen LogP contribution in [0, 0.1) is 6.92 Å². The van der Waals surface area contributed by atoms with Crippen LogP contribution in [0.3, 0.4) is 0 Å². The largest absolute Gasteiger partial charge is 0.465 e. The van der Waals surface area contributed by atoms with Gasteiger partial charge in [-0.05, 0) is 61.0 Å². The average molecular weight is 389 g/mol. The van der Waals surface area contributed by atoms with Gasteiger partial charge < -0.3 is 15.4 Å². The summed E-state index contributed by atoms with van der Waals surface area (Å²) in [5, 5.41) is 5.48. The number of carbonyl (C=O) groups excluding carboxylic acids is 3. The number of amides is 2. The van der Waals surface area contributed by atoms with Crippen LogP contribution >= 0.6 is 0 Å². The zero-order valence-corrected chi connectivity index (χ0v) is 15.9. The number of aryl methyl sites for hydroxylation is 1. The summed E-state index contributed by atoms with van der Waals surface area (Å²) in [6, 6.07) is 16.6. The molecule has 29 heavy (non-hydrogen) atoms. The second kappa shape index (κ2) is 8.79. The van der Waals surface area contributed by atoms with Crippen LogP contribution < -0.4 is 10.6 Å². The van der Waals surface area contributed by atoms with Crippen molar-refractivity contribution in [3.63, 3.8) is 0 Å². The molecule has 3 rings (SSSR count). The molecule has 0 bridgehead atoms. The third kappa shape index (κ3) is 5.04. The Morgan fingerprint density at radius 3 is 2.24 bits per heavy atom. The van der Waals surface area contributed by atoms with Crippen LogP contribution in [0.1, 0.15) is 36.8 Å². The van der Waals surface area contributed by atoms with Crippen molar-refractivity contribution in [3.8, 4) is 0 Å². The normalized spacial score (nSPS) is 10.1. The van der Waals surface area contributed by atoms with Crippen LogP contribution in [0.5, 0.6) is 0 Å². The number of esters is 1. The van der Waals surface area contributed by atoms with Gasteiger partial charge in [0.05, 0.1) is 12.7 Å². The monoisotopic (exact) mass is 389 g/mol. The number of benzene rings is 2. The lowest BCUT2D eigenvalue weighted by Crippen LogP contribution is -2.17. The zero-order chi connectivity index (χ0) is 20.8. The molecule has 2 N–H and O–H groups in total. The number of carbonyl (C=O) groups is 3. The van der Waals surface area contributed by atoms with Gasteiger partial charge in [-0.1, -0.05) is 12.1 Å². The smallest absolute Gasteiger partial charge is 0.337 e. The standard InChI is InChI=1S/C22H19N3O4/c1-14-4-3-5-18(12-14)25-21(27)19-13-16(10-11-23-19)20(26)24-17-8-6-15(7-9-17)22(28)29-2/h3-13H,1-2H3,(H,24,26)(H,25,27). The van der Waals surface area contributed by atoms with Gasteiger partial charge in [0.25, 0.3) is 11.8 Å². The third-order valence-corrected chi connectivity index (χ3v) is 4.09. The van der Waals surface area contributed by atoms with Gasteiger partial charge in [-0.3, -0.25) is 14.6 Å². The molecule has 1 heterocycles. The van der Waals surface area contributed by atoms with Gasteiger partial charge in [0.15, 0.2) is 0 Å². The Hall–Kier alpha value is -4.00. The highest BCUT2D eigenvalue weighted by molar-refractivity contribution is 6.08. The van der Waals surface area contributed by atoms with Crippen LogP contribution in [-0.4, -0.2) is 29.9 Å². The van der Waals surface area contributed by atoms with E-state index in [4.69, 9.17) is 0 Å². The van der Waals surface area contributed by atoms with Gasteiger partial charge in [-0.25, -0.2) is 4.79 Å². The number of methoxy groups -OCH3 is 1. The number of aromatic nitrogens is 1. The second-order valence-corrected chi connectivity index (χ2v) is 6.28. The molecular formula is C22H19N3O4. The van der Waals surface area contributed by atoms with E-state index in [2.05, 4.69) is 20.4 Å². The van der Waals surface area contributed by atoms with E-state index in [1.54, 1.807) is 30.3 Å². The highest BCUT2D eigenvalue weighted by Gasteiger charge is 2.13. The van der Waals surface area contributed by atoms with Crippen molar-refractivity contribution in [2.75, 3.05) is 17.7 Å². The number of hydrogen-bond acceptors (Lipinski definition) is 5. The van der Waals surface area contributed by atoms with E-state index in [1.165, 1.54) is 25.4 Å². The Morgan fingerprint density at radius 2 is 1.55 bits per heavy atom. The Balaban J connectivity index is 1.70. The quantitative estimate of drug-likeness (QED) is 0.649. The molecule has 0 atom stereocenters. The zero-order valence-electron chi connectivity index (χ0n) is 15.9. The van der Waals surface area contributed by atoms with Crippen LogP contribution in [0.4, 0.5) is 11.4 Å². The average Bonchev–Trinajstić information content (AvgIpc) is 2.74. The van der Waals surface area contributed by atoms with Crippen molar-refractivity contribution in [1.82, 2.24) is 4.98 Å². The molecule has 2 amide bonds. The van der Waals surface area contributed by atoms with Crippen LogP contribution in [0.15, 0.2) is 66.9 Å². The first-order valence-electron chi connectivity index (χ1n) is 8.80. The molecule has 7 nitrogen and oxygen atoms in total. The molecule has 0 saturated carbocycles. The first-order chi connectivity index (χ1) is 14.0. The molecule has 3 aromatic rings. The maximum atomic E-state index is 12.5. The highest BCUT2D eigenvalue weighted by atomic mass is 16.5. The van der Waals surface area contributed by atoms with Crippen LogP contribution in [0.2, 0.25) is 0 Å². The van der Waals surface area contributed by atoms with E-state index in [0.717, 1.165) is 5.56 Å². The number of rotatable bonds is 5. The minimum Gasteiger partial charge on any atom is -0.465 e. The topological polar surface area (TPSA) is 97.4 Å². The molecule has 0 fully saturated rings. The molecule has 7 heteroatoms. The number of nitrogens with one attached hydrogen (secondary N) is 2. The van der Waals surface area contributed by atoms with E-state index in [0.29, 0.717) is 16.9 Å². The molecule has 0 aliphatic rings. The van der Waals surface area contributed by atoms with Crippen LogP contribution in [0.25, 0.3) is 0 Å². The minimum absolute atomic E-state index is 0.125. The van der Waals surface area contributed by atoms with E-state index in [1.807, 2.05) is 25.1 Å². The SMILES string of the molecule is COC(=O)c1ccc(NC(=O)c2ccnc(C(=O)Nc3cccc(C)c3)c2)cc1. The summed E-state index contributed by atoms with van der Waals surface area (Å²) < 4.78 is 4.64. The minimum atomic E-state index is -0.457. The number of hydrogen-bond donors (Lipinski definition) is 2. The fraction of sp³-hybridized carbons (Fsp3) is 0.0909. The summed E-state index contributed by atoms with van der Waals surface area (Å²) in [5.41, 5.74) is 2.96. The predicted molar refractivity (Wildman–Crippen MR) is 109 cm³/mol. The van der Waals surface area contributed by atoms with Gasteiger partial charge in [-0.15, -0.1) is 0 Å². The molecule has 146 valence electrons. The van der Waals surface area contributed by atoms with Gasteiger partial charge in [-0.2, -0.15) is 0 Å². The Bertz CT molecular complexity index is 1060. The number of nitrogens with zero attached hydrogens (tertiary/aromatic N) is 1. The van der Waals surface area contributed by atoms with Crippen molar-refractivity contribution in [1.29, 1.82) is 0 Å². The summed E-state index contributed by atoms with van der Waals surface area (Å²) in [7, 11) is 1.30. The number of anilines is 2. The molecule has 2 aromatic carbocycles. The van der Waals surface area contributed by atoms with Crippen LogP contribution in [-0.2, 0) is 4.74 Å². The number of ether oxygens (including phenoxy) is 1. The Morgan fingerprint density at radius 1 is 0.828 bits per heavy atom. The molecule has 1 aromatic heterocycles. The van der Waals surface area contributed by atoms with Crippen molar-refractivity contribution in [2.45, 2.75) is 6.92 Å². The summed E-state index contributed by atoms with van der Waals surface area (Å²) in [6.45, 7) is 1.93. The Labute approximate surface area is 167 Å². The molecule has 0 saturated heterocycles. The van der Waals surface area contributed by atoms with E-state index in [-0.39, 0.29) is 11.3 Å². The van der Waals surface area contributed by atoms with Gasteiger partial charge >= 0.3 is 5.97 Å². The van der Waals surface area contributed by atoms with Crippen molar-refractivity contribution >= 4 is 29.2 Å². The van der Waals surface area contributed by atoms with E-state index >= 15 is 0 Å². The molecule has 0 radical (unpaired) electrons. The fourth-order valence-corrected chi connectivity index (χ4v) is 2.62. The first-order valence-corrected chi connectivity index (χ1v) is 8.80. The van der Waals surface area contributed by atoms with Gasteiger partial charge in [0, 0.05) is 23.1 Å². The third-order valence-electron chi connectivity index (χ3n) is 4.09. The molecular weight excluding hydrogens is 370 g/mol. The molecule has 0 spiro atoms. The fourth-order valence-electron chi connectivity index (χ4n) is 2.62. The number of pyridine rings is 1. The lowest BCUT2D eigenvalue weighted by Gasteiger charge is -2.08. The van der Waals surface area contributed by atoms with Crippen molar-refractivity contribution in [2.24, 2.45) is 0 Å². The Kier molecular flexibility index (Phi) is 5.99. The van der Waals surface area contributed by atoms with Crippen molar-refractivity contribution < 1.29 is 19.1 Å². The van der Waals surface area contributed by atoms with E-state index < -0.39 is 17.8 Å². The highest BCUT2D eigenvalue weighted by Crippen LogP contribution is 2.14.